The molecule has 0 saturated carbocycles. The quantitative estimate of drug-likeness (QED) is 0.790. The highest BCUT2D eigenvalue weighted by atomic mass is 32.1. The lowest BCUT2D eigenvalue weighted by atomic mass is 9.98. The van der Waals surface area contributed by atoms with Crippen molar-refractivity contribution < 1.29 is 9.59 Å². The average molecular weight is 268 g/mol. The Balaban J connectivity index is 2.10. The molecule has 7 heteroatoms. The van der Waals surface area contributed by atoms with Crippen LogP contribution >= 0.6 is 11.3 Å². The molecule has 1 saturated heterocycles. The molecule has 0 bridgehead atoms. The van der Waals surface area contributed by atoms with Crippen molar-refractivity contribution in [2.75, 3.05) is 18.8 Å². The first-order valence-corrected chi connectivity index (χ1v) is 6.58. The molecule has 3 N–H and O–H groups in total. The van der Waals surface area contributed by atoms with E-state index in [0.717, 1.165) is 0 Å². The van der Waals surface area contributed by atoms with Crippen LogP contribution < -0.4 is 11.1 Å². The fourth-order valence-electron chi connectivity index (χ4n) is 1.99. The molecule has 18 heavy (non-hydrogen) atoms. The summed E-state index contributed by atoms with van der Waals surface area (Å²) in [6.07, 6.45) is 0.185. The molecule has 1 aromatic heterocycles. The van der Waals surface area contributed by atoms with E-state index >= 15 is 0 Å². The number of amides is 2. The fourth-order valence-corrected chi connectivity index (χ4v) is 2.55. The van der Waals surface area contributed by atoms with Crippen molar-refractivity contribution in [3.05, 3.63) is 11.1 Å². The first-order valence-electron chi connectivity index (χ1n) is 5.70. The number of nitrogens with two attached hydrogens (primary N) is 1. The number of carbonyl (C=O) groups is 2. The molecular weight excluding hydrogens is 252 g/mol. The van der Waals surface area contributed by atoms with Crippen LogP contribution in [0.15, 0.2) is 5.38 Å². The van der Waals surface area contributed by atoms with E-state index in [-0.39, 0.29) is 18.2 Å². The highest BCUT2D eigenvalue weighted by Crippen LogP contribution is 2.20. The number of hydrogen-bond acceptors (Lipinski definition) is 5. The van der Waals surface area contributed by atoms with Crippen molar-refractivity contribution >= 4 is 28.3 Å². The molecule has 1 aliphatic rings. The minimum Gasteiger partial charge on any atom is -0.375 e. The van der Waals surface area contributed by atoms with E-state index in [1.807, 2.05) is 0 Å². The van der Waals surface area contributed by atoms with Gasteiger partial charge in [0.25, 0.3) is 0 Å². The van der Waals surface area contributed by atoms with Crippen molar-refractivity contribution in [1.82, 2.24) is 15.2 Å². The summed E-state index contributed by atoms with van der Waals surface area (Å²) in [5.74, 6) is -0.222. The molecule has 0 aromatic carbocycles. The lowest BCUT2D eigenvalue weighted by Gasteiger charge is -2.41. The van der Waals surface area contributed by atoms with Gasteiger partial charge in [-0.2, -0.15) is 0 Å². The maximum Gasteiger partial charge on any atom is 0.245 e. The van der Waals surface area contributed by atoms with Gasteiger partial charge in [-0.05, 0) is 13.8 Å². The number of anilines is 1. The Labute approximate surface area is 109 Å². The predicted octanol–water partition coefficient (Wildman–Crippen LogP) is 0.00480. The summed E-state index contributed by atoms with van der Waals surface area (Å²) in [7, 11) is 0. The van der Waals surface area contributed by atoms with Crippen LogP contribution in [0, 0.1) is 0 Å². The maximum absolute atomic E-state index is 12.2. The van der Waals surface area contributed by atoms with Gasteiger partial charge in [0.2, 0.25) is 11.8 Å². The Kier molecular flexibility index (Phi) is 3.25. The molecule has 6 nitrogen and oxygen atoms in total. The Bertz CT molecular complexity index is 483. The number of piperazine rings is 1. The Hall–Kier alpha value is -1.63. The molecule has 2 amide bonds. The van der Waals surface area contributed by atoms with Crippen LogP contribution in [-0.4, -0.2) is 40.3 Å². The first-order chi connectivity index (χ1) is 8.41. The van der Waals surface area contributed by atoms with E-state index in [1.165, 1.54) is 11.3 Å². The minimum atomic E-state index is -0.809. The molecule has 2 heterocycles. The molecule has 0 spiro atoms. The van der Waals surface area contributed by atoms with E-state index < -0.39 is 5.54 Å². The van der Waals surface area contributed by atoms with Crippen molar-refractivity contribution in [3.8, 4) is 0 Å². The second-order valence-corrected chi connectivity index (χ2v) is 5.60. The number of nitrogens with zero attached hydrogens (tertiary/aromatic N) is 2. The lowest BCUT2D eigenvalue weighted by molar-refractivity contribution is -0.148. The SMILES string of the molecule is CC1(C)C(=O)NCCN1C(=O)Cc1csc(N)n1. The topological polar surface area (TPSA) is 88.3 Å². The summed E-state index contributed by atoms with van der Waals surface area (Å²) < 4.78 is 0. The van der Waals surface area contributed by atoms with Gasteiger partial charge in [-0.15, -0.1) is 11.3 Å². The van der Waals surface area contributed by atoms with Crippen molar-refractivity contribution in [2.24, 2.45) is 0 Å². The van der Waals surface area contributed by atoms with E-state index in [0.29, 0.717) is 23.9 Å². The smallest absolute Gasteiger partial charge is 0.245 e. The molecule has 1 fully saturated rings. The molecule has 1 aromatic rings. The summed E-state index contributed by atoms with van der Waals surface area (Å²) >= 11 is 1.31. The van der Waals surface area contributed by atoms with Crippen LogP contribution in [-0.2, 0) is 16.0 Å². The zero-order chi connectivity index (χ0) is 13.3. The molecule has 0 aliphatic carbocycles. The van der Waals surface area contributed by atoms with Crippen LogP contribution in [0.25, 0.3) is 0 Å². The third-order valence-corrected chi connectivity index (χ3v) is 3.78. The molecule has 0 atom stereocenters. The Morgan fingerprint density at radius 1 is 1.67 bits per heavy atom. The van der Waals surface area contributed by atoms with E-state index in [1.54, 1.807) is 24.1 Å². The van der Waals surface area contributed by atoms with Gasteiger partial charge < -0.3 is 16.0 Å². The molecule has 98 valence electrons. The highest BCUT2D eigenvalue weighted by Gasteiger charge is 2.40. The summed E-state index contributed by atoms with van der Waals surface area (Å²) in [5.41, 5.74) is 5.37. The third-order valence-electron chi connectivity index (χ3n) is 3.05. The molecule has 0 radical (unpaired) electrons. The van der Waals surface area contributed by atoms with E-state index in [9.17, 15) is 9.59 Å². The van der Waals surface area contributed by atoms with Gasteiger partial charge in [0.05, 0.1) is 12.1 Å². The van der Waals surface area contributed by atoms with E-state index in [2.05, 4.69) is 10.3 Å². The van der Waals surface area contributed by atoms with Crippen LogP contribution in [0.5, 0.6) is 0 Å². The molecule has 2 rings (SSSR count). The highest BCUT2D eigenvalue weighted by molar-refractivity contribution is 7.13. The number of thiazole rings is 1. The Morgan fingerprint density at radius 3 is 3.00 bits per heavy atom. The standard InChI is InChI=1S/C11H16N4O2S/c1-11(2)9(17)13-3-4-15(11)8(16)5-7-6-18-10(12)14-7/h6H,3-5H2,1-2H3,(H2,12,14)(H,13,17). The fraction of sp³-hybridized carbons (Fsp3) is 0.545. The normalized spacial score (nSPS) is 18.6. The zero-order valence-corrected chi connectivity index (χ0v) is 11.2. The molecule has 0 unspecified atom stereocenters. The van der Waals surface area contributed by atoms with Crippen molar-refractivity contribution in [2.45, 2.75) is 25.8 Å². The predicted molar refractivity (Wildman–Crippen MR) is 69.0 cm³/mol. The van der Waals surface area contributed by atoms with Crippen molar-refractivity contribution in [1.29, 1.82) is 0 Å². The van der Waals surface area contributed by atoms with Crippen molar-refractivity contribution in [3.63, 3.8) is 0 Å². The van der Waals surface area contributed by atoms with Gasteiger partial charge in [0.15, 0.2) is 5.13 Å². The number of rotatable bonds is 2. The number of carbonyl (C=O) groups excluding carboxylic acids is 2. The third kappa shape index (κ3) is 2.31. The summed E-state index contributed by atoms with van der Waals surface area (Å²) in [5, 5.41) is 4.98. The summed E-state index contributed by atoms with van der Waals surface area (Å²) in [6.45, 7) is 4.51. The number of aromatic nitrogens is 1. The average Bonchev–Trinajstić information content (AvgIpc) is 2.67. The van der Waals surface area contributed by atoms with E-state index in [4.69, 9.17) is 5.73 Å². The van der Waals surface area contributed by atoms with Crippen LogP contribution in [0.2, 0.25) is 0 Å². The number of hydrogen-bond donors (Lipinski definition) is 2. The zero-order valence-electron chi connectivity index (χ0n) is 10.4. The Morgan fingerprint density at radius 2 is 2.39 bits per heavy atom. The van der Waals surface area contributed by atoms with Gasteiger partial charge in [-0.25, -0.2) is 4.98 Å². The molecular formula is C11H16N4O2S. The maximum atomic E-state index is 12.2. The van der Waals surface area contributed by atoms with Gasteiger partial charge in [0, 0.05) is 18.5 Å². The monoisotopic (exact) mass is 268 g/mol. The number of nitrogens with one attached hydrogen (secondary N) is 1. The van der Waals surface area contributed by atoms with Gasteiger partial charge in [0.1, 0.15) is 5.54 Å². The first kappa shape index (κ1) is 12.8. The van der Waals surface area contributed by atoms with Crippen LogP contribution in [0.3, 0.4) is 0 Å². The van der Waals surface area contributed by atoms with Crippen LogP contribution in [0.1, 0.15) is 19.5 Å². The summed E-state index contributed by atoms with van der Waals surface area (Å²) in [6, 6.07) is 0. The van der Waals surface area contributed by atoms with Crippen LogP contribution in [0.4, 0.5) is 5.13 Å². The largest absolute Gasteiger partial charge is 0.375 e. The second kappa shape index (κ2) is 4.56. The second-order valence-electron chi connectivity index (χ2n) is 4.71. The van der Waals surface area contributed by atoms with Gasteiger partial charge in [-0.3, -0.25) is 9.59 Å². The summed E-state index contributed by atoms with van der Waals surface area (Å²) in [4.78, 5) is 29.6. The molecule has 1 aliphatic heterocycles. The van der Waals surface area contributed by atoms with Gasteiger partial charge in [-0.1, -0.05) is 0 Å². The lowest BCUT2D eigenvalue weighted by Crippen LogP contribution is -2.63. The number of nitrogen functional groups attached to an aromatic ring is 1. The minimum absolute atomic E-state index is 0.0971. The van der Waals surface area contributed by atoms with Gasteiger partial charge >= 0.3 is 0 Å².